The zero-order valence-corrected chi connectivity index (χ0v) is 18.3. The van der Waals surface area contributed by atoms with E-state index in [-0.39, 0.29) is 17.7 Å². The van der Waals surface area contributed by atoms with Crippen molar-refractivity contribution in [2.75, 3.05) is 19.7 Å². The van der Waals surface area contributed by atoms with Crippen molar-refractivity contribution in [3.63, 3.8) is 0 Å². The molecule has 0 radical (unpaired) electrons. The molecule has 0 bridgehead atoms. The Bertz CT molecular complexity index is 1110. The van der Waals surface area contributed by atoms with Crippen LogP contribution in [0, 0.1) is 12.8 Å². The molecule has 0 amide bonds. The Labute approximate surface area is 181 Å². The van der Waals surface area contributed by atoms with Crippen molar-refractivity contribution in [3.05, 3.63) is 51.6 Å². The lowest BCUT2D eigenvalue weighted by atomic mass is 9.95. The molecular weight excluding hydrogens is 392 g/mol. The quantitative estimate of drug-likeness (QED) is 0.648. The van der Waals surface area contributed by atoms with Gasteiger partial charge in [0.05, 0.1) is 31.3 Å². The predicted molar refractivity (Wildman–Crippen MR) is 117 cm³/mol. The molecule has 0 saturated carbocycles. The summed E-state index contributed by atoms with van der Waals surface area (Å²) in [4.78, 5) is 17.7. The van der Waals surface area contributed by atoms with Crippen LogP contribution in [0.25, 0.3) is 10.9 Å². The molecule has 0 spiro atoms. The number of benzene rings is 1. The first-order chi connectivity index (χ1) is 15.1. The molecule has 2 saturated heterocycles. The van der Waals surface area contributed by atoms with E-state index in [9.17, 15) is 4.79 Å². The average molecular weight is 424 g/mol. The molecule has 2 aromatic heterocycles. The molecule has 2 atom stereocenters. The average Bonchev–Trinajstić information content (AvgIpc) is 3.43. The molecular formula is C23H31N6O2+. The van der Waals surface area contributed by atoms with Gasteiger partial charge in [-0.1, -0.05) is 19.1 Å². The Balaban J connectivity index is 1.58. The van der Waals surface area contributed by atoms with Crippen LogP contribution in [0.3, 0.4) is 0 Å². The lowest BCUT2D eigenvalue weighted by Crippen LogP contribution is -3.13. The molecule has 2 aliphatic rings. The number of nitrogens with zero attached hydrogens (tertiary/aromatic N) is 4. The monoisotopic (exact) mass is 423 g/mol. The van der Waals surface area contributed by atoms with Crippen LogP contribution in [0.1, 0.15) is 55.6 Å². The Morgan fingerprint density at radius 1 is 1.26 bits per heavy atom. The second kappa shape index (κ2) is 8.51. The fraction of sp³-hybridized carbons (Fsp3) is 0.565. The molecule has 8 heteroatoms. The minimum absolute atomic E-state index is 0.0547. The van der Waals surface area contributed by atoms with Gasteiger partial charge in [-0.25, -0.2) is 4.68 Å². The van der Waals surface area contributed by atoms with Crippen molar-refractivity contribution in [2.24, 2.45) is 5.92 Å². The number of ether oxygens (including phenoxy) is 1. The number of hydrogen-bond donors (Lipinski definition) is 2. The highest BCUT2D eigenvalue weighted by molar-refractivity contribution is 5.79. The Morgan fingerprint density at radius 3 is 2.87 bits per heavy atom. The molecule has 31 heavy (non-hydrogen) atoms. The van der Waals surface area contributed by atoms with Gasteiger partial charge in [-0.05, 0) is 72.0 Å². The normalized spacial score (nSPS) is 25.2. The highest BCUT2D eigenvalue weighted by Gasteiger charge is 2.36. The summed E-state index contributed by atoms with van der Waals surface area (Å²) in [7, 11) is 0. The Morgan fingerprint density at radius 2 is 2.10 bits per heavy atom. The van der Waals surface area contributed by atoms with Gasteiger partial charge in [0.1, 0.15) is 0 Å². The van der Waals surface area contributed by atoms with Gasteiger partial charge in [0.25, 0.3) is 5.56 Å². The largest absolute Gasteiger partial charge is 0.376 e. The van der Waals surface area contributed by atoms with E-state index in [1.54, 1.807) is 0 Å². The fourth-order valence-electron chi connectivity index (χ4n) is 5.04. The summed E-state index contributed by atoms with van der Waals surface area (Å²) in [6.07, 6.45) is 4.52. The van der Waals surface area contributed by atoms with Gasteiger partial charge in [-0.3, -0.25) is 4.79 Å². The van der Waals surface area contributed by atoms with Crippen molar-refractivity contribution < 1.29 is 9.64 Å². The fourth-order valence-corrected chi connectivity index (χ4v) is 5.04. The maximum atomic E-state index is 13.3. The number of quaternary nitrogens is 1. The number of rotatable bonds is 5. The SMILES string of the molecule is Cc1ccc2cc([C@H](c3nnnn3C[C@H]3CCCO3)[NH+]3CCC(C)CC3)c(=O)[nH]c2c1. The minimum Gasteiger partial charge on any atom is -0.376 e. The van der Waals surface area contributed by atoms with Gasteiger partial charge in [-0.2, -0.15) is 0 Å². The summed E-state index contributed by atoms with van der Waals surface area (Å²) in [6.45, 7) is 7.77. The number of piperidine rings is 1. The van der Waals surface area contributed by atoms with Gasteiger partial charge >= 0.3 is 0 Å². The standard InChI is InChI=1S/C23H30N6O2/c1-15-7-9-28(10-8-15)21(22-25-26-27-29(22)14-18-4-3-11-31-18)19-13-17-6-5-16(2)12-20(17)24-23(19)30/h5-6,12-13,15,18,21H,3-4,7-11,14H2,1-2H3,(H,24,30)/p+1/t18-,21-/m1/s1. The predicted octanol–water partition coefficient (Wildman–Crippen LogP) is 1.41. The van der Waals surface area contributed by atoms with Crippen LogP contribution >= 0.6 is 0 Å². The van der Waals surface area contributed by atoms with Crippen molar-refractivity contribution in [3.8, 4) is 0 Å². The summed E-state index contributed by atoms with van der Waals surface area (Å²) < 4.78 is 7.69. The van der Waals surface area contributed by atoms with Crippen molar-refractivity contribution >= 4 is 10.9 Å². The van der Waals surface area contributed by atoms with Crippen molar-refractivity contribution in [2.45, 2.75) is 58.2 Å². The van der Waals surface area contributed by atoms with E-state index in [2.05, 4.69) is 39.6 Å². The van der Waals surface area contributed by atoms with Crippen LogP contribution in [-0.2, 0) is 11.3 Å². The van der Waals surface area contributed by atoms with Crippen LogP contribution in [0.4, 0.5) is 0 Å². The molecule has 2 aliphatic heterocycles. The Hall–Kier alpha value is -2.58. The molecule has 164 valence electrons. The van der Waals surface area contributed by atoms with E-state index in [1.807, 2.05) is 23.7 Å². The zero-order chi connectivity index (χ0) is 21.4. The number of hydrogen-bond acceptors (Lipinski definition) is 5. The summed E-state index contributed by atoms with van der Waals surface area (Å²) >= 11 is 0. The highest BCUT2D eigenvalue weighted by Crippen LogP contribution is 2.22. The van der Waals surface area contributed by atoms with Gasteiger partial charge < -0.3 is 14.6 Å². The number of aromatic nitrogens is 5. The van der Waals surface area contributed by atoms with Crippen LogP contribution in [-0.4, -0.2) is 51.0 Å². The van der Waals surface area contributed by atoms with Gasteiger partial charge in [0.15, 0.2) is 6.04 Å². The maximum absolute atomic E-state index is 13.3. The van der Waals surface area contributed by atoms with Gasteiger partial charge in [-0.15, -0.1) is 5.10 Å². The summed E-state index contributed by atoms with van der Waals surface area (Å²) in [5, 5.41) is 13.8. The number of aryl methyl sites for hydroxylation is 1. The third kappa shape index (κ3) is 4.14. The third-order valence-electron chi connectivity index (χ3n) is 6.88. The van der Waals surface area contributed by atoms with Crippen molar-refractivity contribution in [1.29, 1.82) is 0 Å². The van der Waals surface area contributed by atoms with E-state index >= 15 is 0 Å². The van der Waals surface area contributed by atoms with Crippen LogP contribution in [0.15, 0.2) is 29.1 Å². The number of likely N-dealkylation sites (tertiary alicyclic amines) is 1. The third-order valence-corrected chi connectivity index (χ3v) is 6.88. The maximum Gasteiger partial charge on any atom is 0.258 e. The van der Waals surface area contributed by atoms with E-state index < -0.39 is 0 Å². The lowest BCUT2D eigenvalue weighted by Gasteiger charge is -2.33. The summed E-state index contributed by atoms with van der Waals surface area (Å²) in [6, 6.07) is 8.01. The second-order valence-corrected chi connectivity index (χ2v) is 9.27. The van der Waals surface area contributed by atoms with E-state index in [0.29, 0.717) is 12.5 Å². The first-order valence-corrected chi connectivity index (χ1v) is 11.4. The minimum atomic E-state index is -0.196. The number of nitrogens with one attached hydrogen (secondary N) is 2. The molecule has 0 aliphatic carbocycles. The number of fused-ring (bicyclic) bond motifs is 1. The topological polar surface area (TPSA) is 90.1 Å². The molecule has 2 N–H and O–H groups in total. The summed E-state index contributed by atoms with van der Waals surface area (Å²) in [5.74, 6) is 1.47. The first-order valence-electron chi connectivity index (χ1n) is 11.4. The lowest BCUT2D eigenvalue weighted by molar-refractivity contribution is -0.932. The number of aromatic amines is 1. The van der Waals surface area contributed by atoms with Crippen LogP contribution in [0.5, 0.6) is 0 Å². The van der Waals surface area contributed by atoms with E-state index in [1.165, 1.54) is 4.90 Å². The van der Waals surface area contributed by atoms with E-state index in [4.69, 9.17) is 4.74 Å². The van der Waals surface area contributed by atoms with Gasteiger partial charge in [0.2, 0.25) is 5.82 Å². The highest BCUT2D eigenvalue weighted by atomic mass is 16.5. The molecule has 2 fully saturated rings. The first kappa shape index (κ1) is 20.3. The number of H-pyrrole nitrogens is 1. The second-order valence-electron chi connectivity index (χ2n) is 9.27. The number of tetrazole rings is 1. The smallest absolute Gasteiger partial charge is 0.258 e. The molecule has 4 heterocycles. The van der Waals surface area contributed by atoms with Gasteiger partial charge in [0, 0.05) is 12.1 Å². The molecule has 8 nitrogen and oxygen atoms in total. The molecule has 5 rings (SSSR count). The van der Waals surface area contributed by atoms with E-state index in [0.717, 1.165) is 73.2 Å². The zero-order valence-electron chi connectivity index (χ0n) is 18.3. The molecule has 1 aromatic carbocycles. The molecule has 0 unspecified atom stereocenters. The number of pyridine rings is 1. The molecule has 3 aromatic rings. The van der Waals surface area contributed by atoms with Crippen molar-refractivity contribution in [1.82, 2.24) is 25.2 Å². The van der Waals surface area contributed by atoms with Crippen LogP contribution < -0.4 is 10.5 Å². The summed E-state index contributed by atoms with van der Waals surface area (Å²) in [5.41, 5.74) is 2.68. The van der Waals surface area contributed by atoms with Crippen LogP contribution in [0.2, 0.25) is 0 Å². The Kier molecular flexibility index (Phi) is 5.58.